The Morgan fingerprint density at radius 3 is 2.16 bits per heavy atom. The average molecular weight is 566 g/mol. The van der Waals surface area contributed by atoms with Gasteiger partial charge in [-0.3, -0.25) is 0 Å². The van der Waals surface area contributed by atoms with Crippen LogP contribution in [0.25, 0.3) is 86.1 Å². The zero-order chi connectivity index (χ0) is 28.1. The quantitative estimate of drug-likeness (QED) is 0.204. The molecule has 0 unspecified atom stereocenters. The van der Waals surface area contributed by atoms with E-state index >= 15 is 0 Å². The number of hydrogen-bond acceptors (Lipinski definition) is 2. The third kappa shape index (κ3) is 3.16. The van der Waals surface area contributed by atoms with E-state index in [1.807, 2.05) is 35.7 Å². The summed E-state index contributed by atoms with van der Waals surface area (Å²) < 4.78 is 7.24. The number of imidazole rings is 1. The second kappa shape index (κ2) is 8.54. The molecule has 0 N–H and O–H groups in total. The smallest absolute Gasteiger partial charge is 0.137 e. The van der Waals surface area contributed by atoms with Crippen molar-refractivity contribution in [2.45, 2.75) is 0 Å². The highest BCUT2D eigenvalue weighted by molar-refractivity contribution is 7.27. The molecular weight excluding hydrogens is 543 g/mol. The molecule has 0 amide bonds. The van der Waals surface area contributed by atoms with E-state index in [-0.39, 0.29) is 0 Å². The largest absolute Gasteiger partial charge is 0.309 e. The highest BCUT2D eigenvalue weighted by Crippen LogP contribution is 2.49. The maximum absolute atomic E-state index is 4.87. The van der Waals surface area contributed by atoms with Crippen molar-refractivity contribution in [2.75, 3.05) is 0 Å². The van der Waals surface area contributed by atoms with Gasteiger partial charge in [-0.2, -0.15) is 0 Å². The van der Waals surface area contributed by atoms with E-state index in [2.05, 4.69) is 124 Å². The molecule has 200 valence electrons. The van der Waals surface area contributed by atoms with Crippen LogP contribution >= 0.6 is 11.3 Å². The molecule has 0 saturated heterocycles. The van der Waals surface area contributed by atoms with Crippen LogP contribution in [0.4, 0.5) is 0 Å². The molecule has 0 bridgehead atoms. The Kier molecular flexibility index (Phi) is 4.60. The number of hydrogen-bond donors (Lipinski definition) is 0. The normalized spacial score (nSPS) is 12.2. The number of benzene rings is 6. The highest BCUT2D eigenvalue weighted by atomic mass is 32.1. The first-order chi connectivity index (χ1) is 21.3. The Morgan fingerprint density at radius 2 is 1.30 bits per heavy atom. The molecule has 0 fully saturated rings. The van der Waals surface area contributed by atoms with Crippen molar-refractivity contribution in [1.82, 2.24) is 14.0 Å². The van der Waals surface area contributed by atoms with Crippen molar-refractivity contribution in [1.29, 1.82) is 0 Å². The third-order valence-corrected chi connectivity index (χ3v) is 10.1. The summed E-state index contributed by atoms with van der Waals surface area (Å²) in [5, 5.41) is 10.4. The van der Waals surface area contributed by atoms with Crippen molar-refractivity contribution >= 4 is 80.5 Å². The van der Waals surface area contributed by atoms with Crippen molar-refractivity contribution < 1.29 is 0 Å². The van der Waals surface area contributed by atoms with Crippen LogP contribution in [0.5, 0.6) is 0 Å². The van der Waals surface area contributed by atoms with Gasteiger partial charge >= 0.3 is 0 Å². The fourth-order valence-electron chi connectivity index (χ4n) is 7.05. The van der Waals surface area contributed by atoms with Crippen molar-refractivity contribution in [3.8, 4) is 16.9 Å². The van der Waals surface area contributed by atoms with E-state index in [1.54, 1.807) is 0 Å². The molecule has 0 radical (unpaired) electrons. The first-order valence-corrected chi connectivity index (χ1v) is 15.4. The molecule has 0 saturated carbocycles. The lowest BCUT2D eigenvalue weighted by atomic mass is 9.97. The number of aromatic nitrogens is 3. The van der Waals surface area contributed by atoms with Crippen LogP contribution in [-0.4, -0.2) is 14.0 Å². The number of fused-ring (bicyclic) bond motifs is 13. The Morgan fingerprint density at radius 1 is 0.558 bits per heavy atom. The van der Waals surface area contributed by atoms with E-state index < -0.39 is 0 Å². The van der Waals surface area contributed by atoms with Crippen LogP contribution in [-0.2, 0) is 0 Å². The van der Waals surface area contributed by atoms with E-state index in [4.69, 9.17) is 4.98 Å². The molecule has 0 aliphatic rings. The average Bonchev–Trinajstić information content (AvgIpc) is 3.77. The lowest BCUT2D eigenvalue weighted by Crippen LogP contribution is -1.94. The molecule has 3 nitrogen and oxygen atoms in total. The van der Waals surface area contributed by atoms with Gasteiger partial charge in [0.05, 0.1) is 16.7 Å². The van der Waals surface area contributed by atoms with Crippen LogP contribution in [0.1, 0.15) is 0 Å². The predicted molar refractivity (Wildman–Crippen MR) is 183 cm³/mol. The first kappa shape index (κ1) is 23.1. The van der Waals surface area contributed by atoms with Gasteiger partial charge in [-0.05, 0) is 52.6 Å². The predicted octanol–water partition coefficient (Wildman–Crippen LogP) is 10.8. The minimum absolute atomic E-state index is 0.953. The van der Waals surface area contributed by atoms with Crippen LogP contribution in [0, 0.1) is 0 Å². The standard InChI is InChI=1S/C39H23N3S/c1-2-10-27-24(9-1)18-21-32-35(27)36-28-11-3-4-12-29(28)39-37(30-13-5-6-14-33(30)43-39)38(36)42(32)26-19-16-25(17-20-26)31-23-41-22-8-7-15-34(41)40-31/h1-23H. The Labute approximate surface area is 250 Å². The van der Waals surface area contributed by atoms with Crippen LogP contribution in [0.15, 0.2) is 140 Å². The van der Waals surface area contributed by atoms with Gasteiger partial charge in [0.25, 0.3) is 0 Å². The molecule has 0 aliphatic heterocycles. The van der Waals surface area contributed by atoms with Crippen LogP contribution < -0.4 is 0 Å². The number of pyridine rings is 1. The Hall–Kier alpha value is -5.45. The molecule has 0 spiro atoms. The molecule has 43 heavy (non-hydrogen) atoms. The van der Waals surface area contributed by atoms with Crippen molar-refractivity contribution in [2.24, 2.45) is 0 Å². The van der Waals surface area contributed by atoms with Gasteiger partial charge in [0, 0.05) is 60.0 Å². The van der Waals surface area contributed by atoms with Gasteiger partial charge in [-0.25, -0.2) is 4.98 Å². The summed E-state index contributed by atoms with van der Waals surface area (Å²) in [7, 11) is 0. The summed E-state index contributed by atoms with van der Waals surface area (Å²) in [6.07, 6.45) is 4.15. The molecule has 4 heteroatoms. The van der Waals surface area contributed by atoms with E-state index in [0.29, 0.717) is 0 Å². The summed E-state index contributed by atoms with van der Waals surface area (Å²) in [5.41, 5.74) is 6.68. The molecule has 6 aromatic carbocycles. The van der Waals surface area contributed by atoms with Crippen LogP contribution in [0.2, 0.25) is 0 Å². The number of nitrogens with zero attached hydrogens (tertiary/aromatic N) is 3. The maximum atomic E-state index is 4.87. The molecule has 0 aliphatic carbocycles. The van der Waals surface area contributed by atoms with E-state index in [0.717, 1.165) is 22.6 Å². The zero-order valence-corrected chi connectivity index (χ0v) is 23.8. The fraction of sp³-hybridized carbons (Fsp3) is 0. The SMILES string of the molecule is c1ccc2c(c1)ccc1c2c2c3ccccc3c3sc4ccccc4c3c2n1-c1ccc(-c2cn3ccccc3n2)cc1. The molecular formula is C39H23N3S. The lowest BCUT2D eigenvalue weighted by molar-refractivity contribution is 1.19. The van der Waals surface area contributed by atoms with Gasteiger partial charge in [0.2, 0.25) is 0 Å². The zero-order valence-electron chi connectivity index (χ0n) is 23.0. The van der Waals surface area contributed by atoms with E-state index in [9.17, 15) is 0 Å². The number of thiophene rings is 1. The molecule has 4 heterocycles. The summed E-state index contributed by atoms with van der Waals surface area (Å²) >= 11 is 1.90. The Balaban J connectivity index is 1.38. The molecule has 10 rings (SSSR count). The summed E-state index contributed by atoms with van der Waals surface area (Å²) in [4.78, 5) is 4.87. The second-order valence-electron chi connectivity index (χ2n) is 11.2. The van der Waals surface area contributed by atoms with Crippen molar-refractivity contribution in [3.63, 3.8) is 0 Å². The van der Waals surface area contributed by atoms with Gasteiger partial charge in [-0.15, -0.1) is 11.3 Å². The summed E-state index contributed by atoms with van der Waals surface area (Å²) in [5.74, 6) is 0. The highest BCUT2D eigenvalue weighted by Gasteiger charge is 2.23. The summed E-state index contributed by atoms with van der Waals surface area (Å²) in [6, 6.07) is 46.2. The fourth-order valence-corrected chi connectivity index (χ4v) is 8.29. The topological polar surface area (TPSA) is 22.2 Å². The molecule has 0 atom stereocenters. The third-order valence-electron chi connectivity index (χ3n) is 8.92. The lowest BCUT2D eigenvalue weighted by Gasteiger charge is -2.11. The Bertz CT molecular complexity index is 2690. The first-order valence-electron chi connectivity index (χ1n) is 14.6. The van der Waals surface area contributed by atoms with Gasteiger partial charge in [0.15, 0.2) is 0 Å². The maximum Gasteiger partial charge on any atom is 0.137 e. The van der Waals surface area contributed by atoms with E-state index in [1.165, 1.54) is 63.5 Å². The van der Waals surface area contributed by atoms with Crippen LogP contribution in [0.3, 0.4) is 0 Å². The van der Waals surface area contributed by atoms with Gasteiger partial charge < -0.3 is 8.97 Å². The van der Waals surface area contributed by atoms with Gasteiger partial charge in [0.1, 0.15) is 5.65 Å². The second-order valence-corrected chi connectivity index (χ2v) is 12.3. The summed E-state index contributed by atoms with van der Waals surface area (Å²) in [6.45, 7) is 0. The molecule has 4 aromatic heterocycles. The monoisotopic (exact) mass is 565 g/mol. The van der Waals surface area contributed by atoms with Crippen molar-refractivity contribution in [3.05, 3.63) is 140 Å². The van der Waals surface area contributed by atoms with Gasteiger partial charge in [-0.1, -0.05) is 91.0 Å². The minimum atomic E-state index is 0.953. The molecule has 10 aromatic rings. The minimum Gasteiger partial charge on any atom is -0.309 e. The number of rotatable bonds is 2.